The molecule has 0 aliphatic carbocycles. The minimum atomic E-state index is 0.749. The summed E-state index contributed by atoms with van der Waals surface area (Å²) in [5, 5.41) is 2.83. The third kappa shape index (κ3) is 2.77. The smallest absolute Gasteiger partial charge is 0.0532 e. The topological polar surface area (TPSA) is 26.0 Å². The highest BCUT2D eigenvalue weighted by Crippen LogP contribution is 2.33. The molecule has 0 aliphatic rings. The third-order valence-corrected chi connectivity index (χ3v) is 3.36. The van der Waals surface area contributed by atoms with Crippen molar-refractivity contribution in [3.8, 4) is 11.1 Å². The van der Waals surface area contributed by atoms with Gasteiger partial charge in [0.15, 0.2) is 0 Å². The maximum absolute atomic E-state index is 5.95. The number of nitrogen functional groups attached to an aromatic ring is 1. The van der Waals surface area contributed by atoms with Crippen molar-refractivity contribution in [1.82, 2.24) is 0 Å². The number of halogens is 1. The molecule has 0 saturated heterocycles. The first-order valence-corrected chi connectivity index (χ1v) is 6.54. The first-order chi connectivity index (χ1) is 7.68. The van der Waals surface area contributed by atoms with Crippen LogP contribution in [0.15, 0.2) is 29.6 Å². The van der Waals surface area contributed by atoms with Gasteiger partial charge >= 0.3 is 0 Å². The van der Waals surface area contributed by atoms with Gasteiger partial charge < -0.3 is 5.73 Å². The molecule has 0 fully saturated rings. The molecular weight excluding hydrogens is 238 g/mol. The van der Waals surface area contributed by atoms with E-state index in [2.05, 4.69) is 5.38 Å². The molecule has 2 N–H and O–H groups in total. The number of anilines is 1. The van der Waals surface area contributed by atoms with Gasteiger partial charge in [-0.1, -0.05) is 37.6 Å². The van der Waals surface area contributed by atoms with Crippen LogP contribution in [0.5, 0.6) is 0 Å². The lowest BCUT2D eigenvalue weighted by atomic mass is 10.1. The van der Waals surface area contributed by atoms with E-state index in [-0.39, 0.29) is 0 Å². The normalized spacial score (nSPS) is 9.50. The number of aryl methyl sites for hydroxylation is 1. The van der Waals surface area contributed by atoms with Crippen molar-refractivity contribution >= 4 is 28.6 Å². The van der Waals surface area contributed by atoms with Crippen molar-refractivity contribution in [2.45, 2.75) is 20.8 Å². The minimum absolute atomic E-state index is 0.749. The SMILES string of the molecule is CC.Cc1scc(-c2ccc(Cl)cc2)c1N. The Balaban J connectivity index is 0.000000606. The van der Waals surface area contributed by atoms with Crippen LogP contribution >= 0.6 is 22.9 Å². The molecule has 0 amide bonds. The predicted molar refractivity (Wildman–Crippen MR) is 75.3 cm³/mol. The average molecular weight is 254 g/mol. The second kappa shape index (κ2) is 5.92. The van der Waals surface area contributed by atoms with Crippen molar-refractivity contribution in [3.05, 3.63) is 39.5 Å². The van der Waals surface area contributed by atoms with E-state index in [1.165, 1.54) is 0 Å². The molecule has 0 atom stereocenters. The Morgan fingerprint density at radius 2 is 1.69 bits per heavy atom. The number of rotatable bonds is 1. The average Bonchev–Trinajstić information content (AvgIpc) is 2.64. The van der Waals surface area contributed by atoms with Crippen LogP contribution < -0.4 is 5.73 Å². The van der Waals surface area contributed by atoms with Crippen LogP contribution in [0.1, 0.15) is 18.7 Å². The van der Waals surface area contributed by atoms with E-state index in [0.717, 1.165) is 26.7 Å². The van der Waals surface area contributed by atoms with Gasteiger partial charge in [-0.15, -0.1) is 11.3 Å². The number of hydrogen-bond donors (Lipinski definition) is 1. The Labute approximate surface area is 106 Å². The van der Waals surface area contributed by atoms with E-state index in [0.29, 0.717) is 0 Å². The van der Waals surface area contributed by atoms with Gasteiger partial charge in [-0.3, -0.25) is 0 Å². The molecule has 1 aromatic heterocycles. The molecule has 0 radical (unpaired) electrons. The lowest BCUT2D eigenvalue weighted by Gasteiger charge is -2.00. The Hall–Kier alpha value is -0.990. The standard InChI is InChI=1S/C11H10ClNS.C2H6/c1-7-11(13)10(6-14-7)8-2-4-9(12)5-3-8;1-2/h2-6H,13H2,1H3;1-2H3. The van der Waals surface area contributed by atoms with Gasteiger partial charge in [0.1, 0.15) is 0 Å². The Morgan fingerprint density at radius 3 is 2.12 bits per heavy atom. The van der Waals surface area contributed by atoms with E-state index in [9.17, 15) is 0 Å². The zero-order valence-corrected chi connectivity index (χ0v) is 11.3. The molecule has 0 unspecified atom stereocenters. The molecule has 0 saturated carbocycles. The van der Waals surface area contributed by atoms with Crippen LogP contribution in [0.3, 0.4) is 0 Å². The summed E-state index contributed by atoms with van der Waals surface area (Å²) in [4.78, 5) is 1.16. The number of nitrogens with two attached hydrogens (primary N) is 1. The maximum Gasteiger partial charge on any atom is 0.0532 e. The van der Waals surface area contributed by atoms with E-state index in [1.807, 2.05) is 45.0 Å². The van der Waals surface area contributed by atoms with Gasteiger partial charge in [0.25, 0.3) is 0 Å². The van der Waals surface area contributed by atoms with Gasteiger partial charge in [-0.2, -0.15) is 0 Å². The summed E-state index contributed by atoms with van der Waals surface area (Å²) in [7, 11) is 0. The van der Waals surface area contributed by atoms with E-state index in [4.69, 9.17) is 17.3 Å². The summed E-state index contributed by atoms with van der Waals surface area (Å²) in [6.07, 6.45) is 0. The van der Waals surface area contributed by atoms with Gasteiger partial charge in [-0.05, 0) is 24.6 Å². The molecular formula is C13H16ClNS. The molecule has 1 nitrogen and oxygen atoms in total. The fraction of sp³-hybridized carbons (Fsp3) is 0.231. The molecule has 0 aliphatic heterocycles. The Morgan fingerprint density at radius 1 is 1.12 bits per heavy atom. The maximum atomic E-state index is 5.95. The first-order valence-electron chi connectivity index (χ1n) is 5.28. The highest BCUT2D eigenvalue weighted by atomic mass is 35.5. The van der Waals surface area contributed by atoms with Crippen molar-refractivity contribution in [2.75, 3.05) is 5.73 Å². The van der Waals surface area contributed by atoms with Crippen LogP contribution in [0.2, 0.25) is 5.02 Å². The number of hydrogen-bond acceptors (Lipinski definition) is 2. The van der Waals surface area contributed by atoms with Crippen molar-refractivity contribution in [1.29, 1.82) is 0 Å². The van der Waals surface area contributed by atoms with Crippen molar-refractivity contribution in [2.24, 2.45) is 0 Å². The molecule has 0 spiro atoms. The van der Waals surface area contributed by atoms with Crippen LogP contribution in [-0.2, 0) is 0 Å². The Kier molecular flexibility index (Phi) is 4.84. The van der Waals surface area contributed by atoms with Crippen LogP contribution in [0, 0.1) is 6.92 Å². The van der Waals surface area contributed by atoms with Gasteiger partial charge in [0.2, 0.25) is 0 Å². The third-order valence-electron chi connectivity index (χ3n) is 2.18. The number of benzene rings is 1. The molecule has 1 heterocycles. The fourth-order valence-corrected chi connectivity index (χ4v) is 2.24. The number of thiophene rings is 1. The second-order valence-corrected chi connectivity index (χ2v) is 4.65. The van der Waals surface area contributed by atoms with Crippen LogP contribution in [0.25, 0.3) is 11.1 Å². The van der Waals surface area contributed by atoms with Gasteiger partial charge in [0, 0.05) is 20.8 Å². The highest BCUT2D eigenvalue weighted by Gasteiger charge is 2.06. The second-order valence-electron chi connectivity index (χ2n) is 3.13. The summed E-state index contributed by atoms with van der Waals surface area (Å²) in [5.41, 5.74) is 9.05. The largest absolute Gasteiger partial charge is 0.397 e. The molecule has 1 aromatic carbocycles. The lowest BCUT2D eigenvalue weighted by Crippen LogP contribution is -1.86. The highest BCUT2D eigenvalue weighted by molar-refractivity contribution is 7.11. The van der Waals surface area contributed by atoms with Crippen LogP contribution in [0.4, 0.5) is 5.69 Å². The monoisotopic (exact) mass is 253 g/mol. The molecule has 3 heteroatoms. The Bertz CT molecular complexity index is 445. The van der Waals surface area contributed by atoms with Gasteiger partial charge in [0.05, 0.1) is 5.69 Å². The molecule has 0 bridgehead atoms. The summed E-state index contributed by atoms with van der Waals surface area (Å²) in [6.45, 7) is 6.03. The fourth-order valence-electron chi connectivity index (χ4n) is 1.32. The summed E-state index contributed by atoms with van der Waals surface area (Å²) < 4.78 is 0. The zero-order valence-electron chi connectivity index (χ0n) is 9.75. The van der Waals surface area contributed by atoms with E-state index >= 15 is 0 Å². The summed E-state index contributed by atoms with van der Waals surface area (Å²) >= 11 is 7.49. The van der Waals surface area contributed by atoms with E-state index in [1.54, 1.807) is 11.3 Å². The van der Waals surface area contributed by atoms with Crippen molar-refractivity contribution < 1.29 is 0 Å². The van der Waals surface area contributed by atoms with E-state index < -0.39 is 0 Å². The quantitative estimate of drug-likeness (QED) is 0.762. The van der Waals surface area contributed by atoms with Crippen LogP contribution in [-0.4, -0.2) is 0 Å². The summed E-state index contributed by atoms with van der Waals surface area (Å²) in [5.74, 6) is 0. The van der Waals surface area contributed by atoms with Gasteiger partial charge in [-0.25, -0.2) is 0 Å². The molecule has 2 rings (SSSR count). The first kappa shape index (κ1) is 13.1. The van der Waals surface area contributed by atoms with Crippen molar-refractivity contribution in [3.63, 3.8) is 0 Å². The molecule has 2 aromatic rings. The molecule has 86 valence electrons. The summed E-state index contributed by atoms with van der Waals surface area (Å²) in [6, 6.07) is 7.73. The minimum Gasteiger partial charge on any atom is -0.397 e. The lowest BCUT2D eigenvalue weighted by molar-refractivity contribution is 1.50. The molecule has 16 heavy (non-hydrogen) atoms. The zero-order chi connectivity index (χ0) is 12.1. The predicted octanol–water partition coefficient (Wildman–Crippen LogP) is 4.99.